The zero-order valence-corrected chi connectivity index (χ0v) is 23.1. The second kappa shape index (κ2) is 15.9. The molecule has 0 aliphatic carbocycles. The number of aliphatic carboxylic acids is 1. The molecular formula is C26H34N4O7S2. The Kier molecular flexibility index (Phi) is 12.9. The van der Waals surface area contributed by atoms with Crippen LogP contribution < -0.4 is 21.7 Å². The highest BCUT2D eigenvalue weighted by atomic mass is 32.2. The fourth-order valence-electron chi connectivity index (χ4n) is 3.54. The zero-order valence-electron chi connectivity index (χ0n) is 21.4. The molecule has 4 atom stereocenters. The Labute approximate surface area is 236 Å². The molecule has 2 rings (SSSR count). The minimum atomic E-state index is -1.29. The van der Waals surface area contributed by atoms with Crippen LogP contribution in [0.1, 0.15) is 17.5 Å². The lowest BCUT2D eigenvalue weighted by atomic mass is 10.0. The van der Waals surface area contributed by atoms with Crippen LogP contribution in [0.2, 0.25) is 0 Å². The van der Waals surface area contributed by atoms with Crippen molar-refractivity contribution in [2.24, 2.45) is 5.73 Å². The third-order valence-corrected chi connectivity index (χ3v) is 6.79. The van der Waals surface area contributed by atoms with Gasteiger partial charge >= 0.3 is 5.97 Å². The van der Waals surface area contributed by atoms with Crippen LogP contribution in [-0.2, 0) is 32.0 Å². The molecule has 2 aromatic rings. The SMILES string of the molecule is CSCCC(N)C(=O)NC(Cc1ccc(O)cc1)C(=O)NC(Cc1ccc(O)cc1)C(=O)NC(CS)C(=O)O. The van der Waals surface area contributed by atoms with Crippen LogP contribution in [0, 0.1) is 0 Å². The van der Waals surface area contributed by atoms with Crippen LogP contribution in [-0.4, -0.2) is 80.9 Å². The molecule has 0 aliphatic rings. The molecule has 0 heterocycles. The molecule has 3 amide bonds. The average Bonchev–Trinajstić information content (AvgIpc) is 2.91. The van der Waals surface area contributed by atoms with Crippen LogP contribution in [0.4, 0.5) is 0 Å². The summed E-state index contributed by atoms with van der Waals surface area (Å²) in [6.45, 7) is 0. The maximum absolute atomic E-state index is 13.5. The molecule has 0 aromatic heterocycles. The highest BCUT2D eigenvalue weighted by Gasteiger charge is 2.30. The van der Waals surface area contributed by atoms with E-state index in [0.29, 0.717) is 23.3 Å². The van der Waals surface area contributed by atoms with E-state index in [0.717, 1.165) is 0 Å². The predicted octanol–water partition coefficient (Wildman–Crippen LogP) is 0.432. The van der Waals surface area contributed by atoms with Gasteiger partial charge in [-0.2, -0.15) is 24.4 Å². The highest BCUT2D eigenvalue weighted by molar-refractivity contribution is 7.98. The molecule has 8 N–H and O–H groups in total. The number of amides is 3. The van der Waals surface area contributed by atoms with Gasteiger partial charge in [0.2, 0.25) is 17.7 Å². The first-order valence-electron chi connectivity index (χ1n) is 12.1. The number of thioether (sulfide) groups is 1. The molecule has 212 valence electrons. The van der Waals surface area contributed by atoms with Crippen molar-refractivity contribution in [3.63, 3.8) is 0 Å². The van der Waals surface area contributed by atoms with Crippen LogP contribution in [0.5, 0.6) is 11.5 Å². The van der Waals surface area contributed by atoms with Crippen molar-refractivity contribution in [1.29, 1.82) is 0 Å². The number of carbonyl (C=O) groups excluding carboxylic acids is 3. The fraction of sp³-hybridized carbons (Fsp3) is 0.385. The molecule has 4 unspecified atom stereocenters. The molecule has 39 heavy (non-hydrogen) atoms. The lowest BCUT2D eigenvalue weighted by molar-refractivity contribution is -0.141. The normalized spacial score (nSPS) is 13.9. The number of phenolic OH excluding ortho intramolecular Hbond substituents is 2. The summed E-state index contributed by atoms with van der Waals surface area (Å²) >= 11 is 5.49. The Morgan fingerprint density at radius 1 is 0.795 bits per heavy atom. The predicted molar refractivity (Wildman–Crippen MR) is 152 cm³/mol. The largest absolute Gasteiger partial charge is 0.508 e. The molecule has 0 saturated heterocycles. The molecule has 0 radical (unpaired) electrons. The van der Waals surface area contributed by atoms with Gasteiger partial charge in [-0.05, 0) is 53.8 Å². The molecule has 0 spiro atoms. The Bertz CT molecular complexity index is 1120. The van der Waals surface area contributed by atoms with E-state index in [2.05, 4.69) is 28.6 Å². The number of aromatic hydroxyl groups is 2. The van der Waals surface area contributed by atoms with E-state index >= 15 is 0 Å². The summed E-state index contributed by atoms with van der Waals surface area (Å²) in [5, 5.41) is 36.2. The number of benzene rings is 2. The third-order valence-electron chi connectivity index (χ3n) is 5.79. The quantitative estimate of drug-likeness (QED) is 0.139. The number of carbonyl (C=O) groups is 4. The number of nitrogens with one attached hydrogen (secondary N) is 3. The van der Waals surface area contributed by atoms with Gasteiger partial charge in [0.05, 0.1) is 6.04 Å². The lowest BCUT2D eigenvalue weighted by Gasteiger charge is -2.25. The maximum Gasteiger partial charge on any atom is 0.327 e. The second-order valence-corrected chi connectivity index (χ2v) is 10.2. The van der Waals surface area contributed by atoms with Crippen molar-refractivity contribution in [3.8, 4) is 11.5 Å². The zero-order chi connectivity index (χ0) is 28.9. The van der Waals surface area contributed by atoms with Crippen LogP contribution in [0.3, 0.4) is 0 Å². The Hall–Kier alpha value is -3.42. The van der Waals surface area contributed by atoms with Crippen LogP contribution in [0.25, 0.3) is 0 Å². The minimum Gasteiger partial charge on any atom is -0.508 e. The summed E-state index contributed by atoms with van der Waals surface area (Å²) in [6, 6.07) is 7.57. The van der Waals surface area contributed by atoms with Gasteiger partial charge < -0.3 is 37.0 Å². The van der Waals surface area contributed by atoms with E-state index in [4.69, 9.17) is 5.73 Å². The van der Waals surface area contributed by atoms with E-state index in [9.17, 15) is 34.5 Å². The molecule has 11 nitrogen and oxygen atoms in total. The first-order chi connectivity index (χ1) is 18.5. The van der Waals surface area contributed by atoms with E-state index in [-0.39, 0.29) is 30.1 Å². The molecule has 0 saturated carbocycles. The number of carboxylic acids is 1. The van der Waals surface area contributed by atoms with E-state index in [1.807, 2.05) is 6.26 Å². The van der Waals surface area contributed by atoms with Crippen molar-refractivity contribution in [3.05, 3.63) is 59.7 Å². The number of nitrogens with two attached hydrogens (primary N) is 1. The monoisotopic (exact) mass is 578 g/mol. The van der Waals surface area contributed by atoms with E-state index in [1.54, 1.807) is 24.3 Å². The highest BCUT2D eigenvalue weighted by Crippen LogP contribution is 2.14. The number of hydrogen-bond donors (Lipinski definition) is 8. The fourth-order valence-corrected chi connectivity index (χ4v) is 4.28. The van der Waals surface area contributed by atoms with Gasteiger partial charge in [-0.15, -0.1) is 0 Å². The lowest BCUT2D eigenvalue weighted by Crippen LogP contribution is -2.58. The number of phenols is 2. The average molecular weight is 579 g/mol. The van der Waals surface area contributed by atoms with Gasteiger partial charge in [-0.3, -0.25) is 14.4 Å². The summed E-state index contributed by atoms with van der Waals surface area (Å²) in [5.74, 6) is -2.75. The topological polar surface area (TPSA) is 191 Å². The summed E-state index contributed by atoms with van der Waals surface area (Å²) in [5.41, 5.74) is 7.21. The smallest absolute Gasteiger partial charge is 0.327 e. The minimum absolute atomic E-state index is 0.0132. The van der Waals surface area contributed by atoms with Crippen molar-refractivity contribution in [2.75, 3.05) is 17.8 Å². The number of thiol groups is 1. The number of rotatable bonds is 15. The third kappa shape index (κ3) is 10.7. The number of carboxylic acid groups (broad SMARTS) is 1. The van der Waals surface area contributed by atoms with Crippen molar-refractivity contribution < 1.29 is 34.5 Å². The Balaban J connectivity index is 2.30. The van der Waals surface area contributed by atoms with Crippen molar-refractivity contribution >= 4 is 48.1 Å². The molecule has 0 bridgehead atoms. The summed E-state index contributed by atoms with van der Waals surface area (Å²) in [7, 11) is 0. The molecular weight excluding hydrogens is 544 g/mol. The Morgan fingerprint density at radius 2 is 1.21 bits per heavy atom. The van der Waals surface area contributed by atoms with Crippen LogP contribution in [0.15, 0.2) is 48.5 Å². The number of hydrogen-bond acceptors (Lipinski definition) is 9. The van der Waals surface area contributed by atoms with E-state index < -0.39 is 47.9 Å². The van der Waals surface area contributed by atoms with Gasteiger partial charge in [0, 0.05) is 18.6 Å². The molecule has 2 aromatic carbocycles. The van der Waals surface area contributed by atoms with Gasteiger partial charge in [0.25, 0.3) is 0 Å². The van der Waals surface area contributed by atoms with Gasteiger partial charge in [0.15, 0.2) is 0 Å². The van der Waals surface area contributed by atoms with Gasteiger partial charge in [-0.1, -0.05) is 24.3 Å². The van der Waals surface area contributed by atoms with Crippen molar-refractivity contribution in [2.45, 2.75) is 43.4 Å². The first kappa shape index (κ1) is 31.8. The first-order valence-corrected chi connectivity index (χ1v) is 14.1. The summed E-state index contributed by atoms with van der Waals surface area (Å²) in [4.78, 5) is 50.8. The van der Waals surface area contributed by atoms with Gasteiger partial charge in [-0.25, -0.2) is 4.79 Å². The molecule has 0 fully saturated rings. The Morgan fingerprint density at radius 3 is 1.59 bits per heavy atom. The van der Waals surface area contributed by atoms with Crippen molar-refractivity contribution in [1.82, 2.24) is 16.0 Å². The molecule has 13 heteroatoms. The second-order valence-electron chi connectivity index (χ2n) is 8.83. The van der Waals surface area contributed by atoms with Gasteiger partial charge in [0.1, 0.15) is 29.6 Å². The standard InChI is InChI=1S/C26H34N4O7S2/c1-39-11-10-19(27)23(33)28-20(12-15-2-6-17(31)7-3-15)24(34)29-21(13-16-4-8-18(32)9-5-16)25(35)30-22(14-38)26(36)37/h2-9,19-22,31-32,38H,10-14,27H2,1H3,(H,28,33)(H,29,34)(H,30,35)(H,36,37). The maximum atomic E-state index is 13.5. The van der Waals surface area contributed by atoms with Crippen LogP contribution >= 0.6 is 24.4 Å². The summed E-state index contributed by atoms with van der Waals surface area (Å²) < 4.78 is 0. The van der Waals surface area contributed by atoms with E-state index in [1.165, 1.54) is 36.0 Å². The summed E-state index contributed by atoms with van der Waals surface area (Å²) in [6.07, 6.45) is 2.29. The molecule has 0 aliphatic heterocycles.